The smallest absolute Gasteiger partial charge is 0.459 e. The fourth-order valence-corrected chi connectivity index (χ4v) is 5.91. The van der Waals surface area contributed by atoms with E-state index in [1.54, 1.807) is 44.2 Å². The minimum Gasteiger partial charge on any atom is -0.462 e. The van der Waals surface area contributed by atoms with Crippen molar-refractivity contribution in [2.45, 2.75) is 57.0 Å². The molecule has 0 aliphatic heterocycles. The van der Waals surface area contributed by atoms with Crippen molar-refractivity contribution in [3.05, 3.63) is 70.6 Å². The van der Waals surface area contributed by atoms with Crippen LogP contribution in [0.15, 0.2) is 53.6 Å². The van der Waals surface area contributed by atoms with E-state index in [1.807, 2.05) is 0 Å². The molecule has 1 fully saturated rings. The van der Waals surface area contributed by atoms with E-state index in [0.29, 0.717) is 0 Å². The highest BCUT2D eigenvalue weighted by Crippen LogP contribution is 2.51. The molecule has 5 atom stereocenters. The number of aromatic nitrogens is 4. The van der Waals surface area contributed by atoms with Gasteiger partial charge in [-0.15, -0.1) is 0 Å². The molecule has 0 radical (unpaired) electrons. The fraction of sp³-hybridized carbons (Fsp3) is 0.400. The highest BCUT2D eigenvalue weighted by molar-refractivity contribution is 7.52. The Hall–Kier alpha value is -4.02. The van der Waals surface area contributed by atoms with Gasteiger partial charge in [-0.2, -0.15) is 10.1 Å². The molecule has 3 aromatic rings. The van der Waals surface area contributed by atoms with E-state index in [-0.39, 0.29) is 34.9 Å². The van der Waals surface area contributed by atoms with Gasteiger partial charge in [-0.05, 0) is 32.9 Å². The lowest BCUT2D eigenvalue weighted by atomic mass is 9.93. The molecule has 1 aliphatic rings. The van der Waals surface area contributed by atoms with Crippen molar-refractivity contribution in [2.75, 3.05) is 12.3 Å². The van der Waals surface area contributed by atoms with E-state index in [0.717, 1.165) is 0 Å². The lowest BCUT2D eigenvalue weighted by Crippen LogP contribution is -2.42. The normalized spacial score (nSPS) is 23.1. The number of aliphatic hydroxyl groups excluding tert-OH is 1. The molecule has 4 rings (SSSR count). The van der Waals surface area contributed by atoms with Crippen LogP contribution >= 0.6 is 7.75 Å². The number of nitrogens with two attached hydrogens (primary N) is 1. The number of esters is 1. The Bertz CT molecular complexity index is 1560. The van der Waals surface area contributed by atoms with Crippen LogP contribution in [0.4, 0.5) is 5.95 Å². The number of nitrogens with one attached hydrogen (secondary N) is 2. The van der Waals surface area contributed by atoms with E-state index in [1.165, 1.54) is 17.8 Å². The molecular weight excluding hydrogens is 541 g/mol. The van der Waals surface area contributed by atoms with Crippen LogP contribution < -0.4 is 20.9 Å². The highest BCUT2D eigenvalue weighted by Gasteiger charge is 2.59. The van der Waals surface area contributed by atoms with Crippen LogP contribution in [0.25, 0.3) is 16.0 Å². The average Bonchev–Trinajstić information content (AvgIpc) is 3.41. The van der Waals surface area contributed by atoms with Crippen molar-refractivity contribution in [1.82, 2.24) is 24.6 Å². The van der Waals surface area contributed by atoms with Gasteiger partial charge in [0.2, 0.25) is 5.95 Å². The third-order valence-electron chi connectivity index (χ3n) is 6.42. The molecule has 0 saturated heterocycles. The number of hydrogen-bond donors (Lipinski definition) is 4. The molecule has 5 N–H and O–H groups in total. The van der Waals surface area contributed by atoms with Gasteiger partial charge in [0.05, 0.1) is 18.5 Å². The number of fused-ring (bicyclic) bond motifs is 1. The van der Waals surface area contributed by atoms with Gasteiger partial charge in [-0.3, -0.25) is 23.9 Å². The van der Waals surface area contributed by atoms with Crippen LogP contribution in [0, 0.1) is 6.57 Å². The Morgan fingerprint density at radius 3 is 2.75 bits per heavy atom. The number of carbonyl (C=O) groups is 1. The van der Waals surface area contributed by atoms with Gasteiger partial charge in [-0.25, -0.2) is 16.1 Å². The summed E-state index contributed by atoms with van der Waals surface area (Å²) in [5.41, 5.74) is 3.80. The van der Waals surface area contributed by atoms with E-state index in [2.05, 4.69) is 31.5 Å². The van der Waals surface area contributed by atoms with Gasteiger partial charge in [0.1, 0.15) is 24.5 Å². The molecule has 14 nitrogen and oxygen atoms in total. The second-order valence-corrected chi connectivity index (χ2v) is 11.3. The van der Waals surface area contributed by atoms with Crippen LogP contribution in [-0.4, -0.2) is 61.0 Å². The summed E-state index contributed by atoms with van der Waals surface area (Å²) in [4.78, 5) is 38.9. The van der Waals surface area contributed by atoms with Gasteiger partial charge in [0.15, 0.2) is 11.2 Å². The van der Waals surface area contributed by atoms with Gasteiger partial charge < -0.3 is 24.7 Å². The zero-order chi connectivity index (χ0) is 29.2. The summed E-state index contributed by atoms with van der Waals surface area (Å²) in [6.07, 6.45) is -0.374. The van der Waals surface area contributed by atoms with Crippen LogP contribution in [0.5, 0.6) is 5.75 Å². The maximum Gasteiger partial charge on any atom is 0.459 e. The second-order valence-electron chi connectivity index (χ2n) is 9.62. The predicted molar refractivity (Wildman–Crippen MR) is 145 cm³/mol. The number of imidazole rings is 1. The minimum atomic E-state index is -4.33. The van der Waals surface area contributed by atoms with E-state index < -0.39 is 55.7 Å². The lowest BCUT2D eigenvalue weighted by molar-refractivity contribution is -0.149. The molecule has 2 aromatic heterocycles. The summed E-state index contributed by atoms with van der Waals surface area (Å²) in [7, 11) is -4.33. The number of H-pyrrole nitrogens is 1. The van der Waals surface area contributed by atoms with Crippen molar-refractivity contribution >= 4 is 30.8 Å². The molecular formula is C25H30N7O7P. The maximum absolute atomic E-state index is 13.9. The Kier molecular flexibility index (Phi) is 8.13. The number of hydrogen-bond acceptors (Lipinski definition) is 10. The summed E-state index contributed by atoms with van der Waals surface area (Å²) in [6.45, 7) is 16.2. The Balaban J connectivity index is 1.62. The minimum absolute atomic E-state index is 0.00118. The van der Waals surface area contributed by atoms with Gasteiger partial charge in [-0.1, -0.05) is 24.8 Å². The molecule has 1 aliphatic carbocycles. The van der Waals surface area contributed by atoms with Crippen LogP contribution in [-0.2, 0) is 18.6 Å². The maximum atomic E-state index is 13.9. The average molecular weight is 572 g/mol. The molecule has 212 valence electrons. The number of para-hydroxylation sites is 1. The number of aliphatic hydroxyl groups is 1. The van der Waals surface area contributed by atoms with Crippen LogP contribution in [0.3, 0.4) is 0 Å². The number of aromatic amines is 1. The highest BCUT2D eigenvalue weighted by atomic mass is 31.2. The first-order valence-electron chi connectivity index (χ1n) is 12.3. The van der Waals surface area contributed by atoms with E-state index in [9.17, 15) is 19.3 Å². The summed E-state index contributed by atoms with van der Waals surface area (Å²) in [5, 5.41) is 13.7. The first-order valence-corrected chi connectivity index (χ1v) is 13.9. The fourth-order valence-electron chi connectivity index (χ4n) is 4.39. The van der Waals surface area contributed by atoms with Gasteiger partial charge in [0.25, 0.3) is 5.56 Å². The largest absolute Gasteiger partial charge is 0.462 e. The summed E-state index contributed by atoms with van der Waals surface area (Å²) in [5.74, 6) is -0.630. The number of carbonyl (C=O) groups excluding carboxylic acids is 1. The first-order chi connectivity index (χ1) is 18.9. The summed E-state index contributed by atoms with van der Waals surface area (Å²) in [6, 6.07) is 6.33. The monoisotopic (exact) mass is 571 g/mol. The van der Waals surface area contributed by atoms with Crippen molar-refractivity contribution in [3.8, 4) is 5.75 Å². The SMILES string of the molecule is [C-]#[N+][C@]1(CO[P@](=O)(N[C@@H](C)C(=O)OC(C)C)Oc2ccccc2)C(=C)[C@@H](n2cnc3c(=O)[nH]c(N)nc32)C[C@@H]1O. The molecule has 1 saturated carbocycles. The topological polar surface area (TPSA) is 188 Å². The molecule has 40 heavy (non-hydrogen) atoms. The summed E-state index contributed by atoms with van der Waals surface area (Å²) < 4.78 is 32.0. The number of nitrogen functional groups attached to an aromatic ring is 1. The quantitative estimate of drug-likeness (QED) is 0.121. The molecule has 0 amide bonds. The first kappa shape index (κ1) is 29.0. The van der Waals surface area contributed by atoms with Gasteiger partial charge in [0, 0.05) is 12.0 Å². The van der Waals surface area contributed by atoms with Crippen molar-refractivity contribution in [3.63, 3.8) is 0 Å². The number of rotatable bonds is 10. The van der Waals surface area contributed by atoms with Gasteiger partial charge >= 0.3 is 19.3 Å². The summed E-state index contributed by atoms with van der Waals surface area (Å²) >= 11 is 0. The van der Waals surface area contributed by atoms with Crippen molar-refractivity contribution < 1.29 is 28.3 Å². The molecule has 2 heterocycles. The van der Waals surface area contributed by atoms with Crippen molar-refractivity contribution in [1.29, 1.82) is 0 Å². The van der Waals surface area contributed by atoms with Crippen LogP contribution in [0.1, 0.15) is 33.2 Å². The van der Waals surface area contributed by atoms with E-state index >= 15 is 0 Å². The Morgan fingerprint density at radius 1 is 1.40 bits per heavy atom. The molecule has 0 bridgehead atoms. The third-order valence-corrected chi connectivity index (χ3v) is 8.05. The third kappa shape index (κ3) is 5.64. The molecule has 0 unspecified atom stereocenters. The van der Waals surface area contributed by atoms with E-state index in [4.69, 9.17) is 26.1 Å². The molecule has 0 spiro atoms. The number of benzene rings is 1. The number of anilines is 1. The zero-order valence-corrected chi connectivity index (χ0v) is 23.0. The van der Waals surface area contributed by atoms with Crippen LogP contribution in [0.2, 0.25) is 0 Å². The lowest BCUT2D eigenvalue weighted by Gasteiger charge is -2.27. The number of ether oxygens (including phenoxy) is 1. The molecule has 15 heteroatoms. The predicted octanol–water partition coefficient (Wildman–Crippen LogP) is 2.36. The standard InChI is InChI=1S/C25H30N7O7P/c1-14(2)38-23(35)16(4)31-40(36,39-17-9-7-6-8-10-17)37-12-25(27-5)15(3)18(11-19(25)33)32-13-28-20-21(32)29-24(26)30-22(20)34/h6-10,13-14,16,18-19,33H,3,11-12H2,1-2,4H3,(H,31,36)(H3,26,29,30,34)/t16-,18-,19-,25+,40+/m0/s1. The zero-order valence-electron chi connectivity index (χ0n) is 22.1. The second kappa shape index (κ2) is 11.2. The number of nitrogens with zero attached hydrogens (tertiary/aromatic N) is 4. The Morgan fingerprint density at radius 2 is 2.10 bits per heavy atom. The molecule has 1 aromatic carbocycles. The van der Waals surface area contributed by atoms with Crippen molar-refractivity contribution in [2.24, 2.45) is 0 Å². The Labute approximate surface area is 229 Å².